The first-order valence-corrected chi connectivity index (χ1v) is 9.88. The van der Waals surface area contributed by atoms with E-state index in [1.165, 1.54) is 0 Å². The van der Waals surface area contributed by atoms with Gasteiger partial charge in [0.25, 0.3) is 5.91 Å². The van der Waals surface area contributed by atoms with Gasteiger partial charge in [0.2, 0.25) is 5.65 Å². The SMILES string of the molecule is CC(C)CC(=O)Oc1ccc(NC(=O)c2cccc(-c3ccc4n[nH]nc4n3)c2)cc1. The molecule has 156 valence electrons. The number of fused-ring (bicyclic) bond motifs is 1. The summed E-state index contributed by atoms with van der Waals surface area (Å²) in [5.41, 5.74) is 3.78. The predicted molar refractivity (Wildman–Crippen MR) is 117 cm³/mol. The minimum atomic E-state index is -0.277. The minimum Gasteiger partial charge on any atom is -0.427 e. The van der Waals surface area contributed by atoms with Crippen molar-refractivity contribution in [2.75, 3.05) is 5.32 Å². The molecule has 0 aliphatic rings. The number of nitrogens with zero attached hydrogens (tertiary/aromatic N) is 3. The fraction of sp³-hybridized carbons (Fsp3) is 0.174. The van der Waals surface area contributed by atoms with Gasteiger partial charge in [-0.25, -0.2) is 4.98 Å². The number of benzene rings is 2. The molecule has 2 aromatic carbocycles. The van der Waals surface area contributed by atoms with Crippen molar-refractivity contribution < 1.29 is 14.3 Å². The number of amides is 1. The lowest BCUT2D eigenvalue weighted by Gasteiger charge is -2.09. The van der Waals surface area contributed by atoms with Gasteiger partial charge in [-0.2, -0.15) is 10.3 Å². The molecule has 0 aliphatic heterocycles. The molecule has 8 nitrogen and oxygen atoms in total. The highest BCUT2D eigenvalue weighted by atomic mass is 16.5. The molecule has 31 heavy (non-hydrogen) atoms. The topological polar surface area (TPSA) is 110 Å². The van der Waals surface area contributed by atoms with Gasteiger partial charge in [0.15, 0.2) is 0 Å². The molecule has 0 unspecified atom stereocenters. The number of pyridine rings is 1. The molecule has 2 N–H and O–H groups in total. The Kier molecular flexibility index (Phi) is 5.70. The summed E-state index contributed by atoms with van der Waals surface area (Å²) in [6, 6.07) is 17.5. The van der Waals surface area contributed by atoms with Crippen LogP contribution >= 0.6 is 0 Å². The van der Waals surface area contributed by atoms with Crippen molar-refractivity contribution in [3.63, 3.8) is 0 Å². The highest BCUT2D eigenvalue weighted by Crippen LogP contribution is 2.22. The zero-order valence-electron chi connectivity index (χ0n) is 17.1. The first kappa shape index (κ1) is 20.2. The Morgan fingerprint density at radius 1 is 1.03 bits per heavy atom. The van der Waals surface area contributed by atoms with Crippen molar-refractivity contribution in [2.24, 2.45) is 5.92 Å². The Bertz CT molecular complexity index is 1230. The number of rotatable bonds is 6. The van der Waals surface area contributed by atoms with Crippen LogP contribution in [0.1, 0.15) is 30.6 Å². The Morgan fingerprint density at radius 2 is 1.84 bits per heavy atom. The van der Waals surface area contributed by atoms with Gasteiger partial charge >= 0.3 is 5.97 Å². The smallest absolute Gasteiger partial charge is 0.311 e. The van der Waals surface area contributed by atoms with E-state index >= 15 is 0 Å². The third-order valence-electron chi connectivity index (χ3n) is 4.52. The van der Waals surface area contributed by atoms with Gasteiger partial charge in [-0.15, -0.1) is 5.10 Å². The average molecular weight is 415 g/mol. The fourth-order valence-electron chi connectivity index (χ4n) is 3.03. The zero-order chi connectivity index (χ0) is 21.8. The van der Waals surface area contributed by atoms with Crippen LogP contribution in [-0.4, -0.2) is 32.3 Å². The van der Waals surface area contributed by atoms with Crippen LogP contribution in [0.2, 0.25) is 0 Å². The monoisotopic (exact) mass is 415 g/mol. The number of esters is 1. The van der Waals surface area contributed by atoms with Crippen LogP contribution in [0.5, 0.6) is 5.75 Å². The number of nitrogens with one attached hydrogen (secondary N) is 2. The van der Waals surface area contributed by atoms with Gasteiger partial charge in [-0.05, 0) is 54.4 Å². The number of aromatic nitrogens is 4. The molecular weight excluding hydrogens is 394 g/mol. The number of carbonyl (C=O) groups excluding carboxylic acids is 2. The van der Waals surface area contributed by atoms with E-state index in [-0.39, 0.29) is 17.8 Å². The van der Waals surface area contributed by atoms with E-state index in [4.69, 9.17) is 4.74 Å². The van der Waals surface area contributed by atoms with Gasteiger partial charge in [-0.1, -0.05) is 26.0 Å². The van der Waals surface area contributed by atoms with Gasteiger partial charge < -0.3 is 10.1 Å². The maximum atomic E-state index is 12.7. The van der Waals surface area contributed by atoms with Crippen LogP contribution in [0.4, 0.5) is 5.69 Å². The van der Waals surface area contributed by atoms with Gasteiger partial charge in [0.1, 0.15) is 11.3 Å². The molecule has 0 aliphatic carbocycles. The highest BCUT2D eigenvalue weighted by Gasteiger charge is 2.11. The quantitative estimate of drug-likeness (QED) is 0.360. The van der Waals surface area contributed by atoms with Crippen molar-refractivity contribution in [1.82, 2.24) is 20.4 Å². The van der Waals surface area contributed by atoms with Crippen LogP contribution in [-0.2, 0) is 4.79 Å². The van der Waals surface area contributed by atoms with Crippen molar-refractivity contribution in [3.8, 4) is 17.0 Å². The molecule has 0 spiro atoms. The van der Waals surface area contributed by atoms with Gasteiger partial charge in [0.05, 0.1) is 5.69 Å². The Labute approximate surface area is 178 Å². The third-order valence-corrected chi connectivity index (χ3v) is 4.52. The lowest BCUT2D eigenvalue weighted by atomic mass is 10.1. The fourth-order valence-corrected chi connectivity index (χ4v) is 3.03. The normalized spacial score (nSPS) is 10.9. The van der Waals surface area contributed by atoms with E-state index in [9.17, 15) is 9.59 Å². The van der Waals surface area contributed by atoms with E-state index in [2.05, 4.69) is 25.7 Å². The van der Waals surface area contributed by atoms with Crippen molar-refractivity contribution in [1.29, 1.82) is 0 Å². The average Bonchev–Trinajstić information content (AvgIpc) is 3.22. The largest absolute Gasteiger partial charge is 0.427 e. The molecule has 0 saturated carbocycles. The van der Waals surface area contributed by atoms with E-state index in [0.717, 1.165) is 5.56 Å². The van der Waals surface area contributed by atoms with Crippen LogP contribution in [0.3, 0.4) is 0 Å². The van der Waals surface area contributed by atoms with Crippen LogP contribution in [0.15, 0.2) is 60.7 Å². The molecule has 0 fully saturated rings. The summed E-state index contributed by atoms with van der Waals surface area (Å²) < 4.78 is 5.29. The number of H-pyrrole nitrogens is 1. The standard InChI is InChI=1S/C23H21N5O3/c1-14(2)12-21(29)31-18-8-6-17(7-9-18)24-23(30)16-5-3-4-15(13-16)19-10-11-20-22(25-19)27-28-26-20/h3-11,13-14H,12H2,1-2H3,(H,24,30)(H,25,26,27,28). The molecule has 4 rings (SSSR count). The summed E-state index contributed by atoms with van der Waals surface area (Å²) in [5, 5.41) is 13.4. The number of aromatic amines is 1. The number of carbonyl (C=O) groups is 2. The molecule has 2 heterocycles. The summed E-state index contributed by atoms with van der Waals surface area (Å²) in [4.78, 5) is 28.9. The first-order chi connectivity index (χ1) is 15.0. The van der Waals surface area contributed by atoms with Crippen LogP contribution in [0.25, 0.3) is 22.4 Å². The van der Waals surface area contributed by atoms with Crippen molar-refractivity contribution in [2.45, 2.75) is 20.3 Å². The lowest BCUT2D eigenvalue weighted by Crippen LogP contribution is -2.12. The van der Waals surface area contributed by atoms with Crippen LogP contribution < -0.4 is 10.1 Å². The van der Waals surface area contributed by atoms with E-state index in [1.54, 1.807) is 42.5 Å². The minimum absolute atomic E-state index is 0.231. The van der Waals surface area contributed by atoms with Gasteiger partial charge in [-0.3, -0.25) is 9.59 Å². The number of anilines is 1. The second-order valence-electron chi connectivity index (χ2n) is 7.49. The number of ether oxygens (including phenoxy) is 1. The summed E-state index contributed by atoms with van der Waals surface area (Å²) in [5.74, 6) is 0.143. The first-order valence-electron chi connectivity index (χ1n) is 9.88. The van der Waals surface area contributed by atoms with E-state index < -0.39 is 0 Å². The molecule has 1 amide bonds. The van der Waals surface area contributed by atoms with Gasteiger partial charge in [0, 0.05) is 23.2 Å². The van der Waals surface area contributed by atoms with Crippen molar-refractivity contribution >= 4 is 28.7 Å². The molecule has 0 radical (unpaired) electrons. The van der Waals surface area contributed by atoms with E-state index in [0.29, 0.717) is 40.3 Å². The van der Waals surface area contributed by atoms with E-state index in [1.807, 2.05) is 32.0 Å². The molecule has 4 aromatic rings. The third kappa shape index (κ3) is 4.92. The number of hydrogen-bond acceptors (Lipinski definition) is 6. The zero-order valence-corrected chi connectivity index (χ0v) is 17.1. The Balaban J connectivity index is 1.45. The second-order valence-corrected chi connectivity index (χ2v) is 7.49. The molecule has 0 atom stereocenters. The molecule has 8 heteroatoms. The maximum absolute atomic E-state index is 12.7. The second kappa shape index (κ2) is 8.74. The summed E-state index contributed by atoms with van der Waals surface area (Å²) in [6.07, 6.45) is 0.354. The number of hydrogen-bond donors (Lipinski definition) is 2. The Hall–Kier alpha value is -4.07. The lowest BCUT2D eigenvalue weighted by molar-refractivity contribution is -0.135. The summed E-state index contributed by atoms with van der Waals surface area (Å²) >= 11 is 0. The summed E-state index contributed by atoms with van der Waals surface area (Å²) in [7, 11) is 0. The molecular formula is C23H21N5O3. The Morgan fingerprint density at radius 3 is 2.61 bits per heavy atom. The highest BCUT2D eigenvalue weighted by molar-refractivity contribution is 6.05. The molecule has 2 aromatic heterocycles. The predicted octanol–water partition coefficient (Wildman–Crippen LogP) is 4.22. The summed E-state index contributed by atoms with van der Waals surface area (Å²) in [6.45, 7) is 3.91. The molecule has 0 bridgehead atoms. The van der Waals surface area contributed by atoms with Crippen molar-refractivity contribution in [3.05, 3.63) is 66.2 Å². The van der Waals surface area contributed by atoms with Crippen LogP contribution in [0, 0.1) is 5.92 Å². The maximum Gasteiger partial charge on any atom is 0.311 e. The molecule has 0 saturated heterocycles.